The third kappa shape index (κ3) is 34.8. The smallest absolute Gasteiger partial charge is 0.420 e. The fourth-order valence-corrected chi connectivity index (χ4v) is 11.3. The second kappa shape index (κ2) is 47.8. The van der Waals surface area contributed by atoms with Crippen LogP contribution in [0.3, 0.4) is 0 Å². The highest BCUT2D eigenvalue weighted by molar-refractivity contribution is 5.80. The van der Waals surface area contributed by atoms with Crippen molar-refractivity contribution in [2.75, 3.05) is 110 Å². The van der Waals surface area contributed by atoms with Gasteiger partial charge in [0.1, 0.15) is 23.5 Å². The number of anilines is 2. The Bertz CT molecular complexity index is 4100. The summed E-state index contributed by atoms with van der Waals surface area (Å²) in [6, 6.07) is 3.22. The topological polar surface area (TPSA) is 407 Å². The van der Waals surface area contributed by atoms with Gasteiger partial charge in [0.15, 0.2) is 0 Å². The lowest BCUT2D eigenvalue weighted by atomic mass is 9.82. The van der Waals surface area contributed by atoms with E-state index in [2.05, 4.69) is 81.9 Å². The maximum atomic E-state index is 14.0. The standard InChI is InChI=1S/C71H90F14N20O12/c72-61-62(73)64(75)66(65(76)63(61)74)117-60(110)10-8-6-4-2-1-3-5-7-9-59(109)96-68(14-11-56(106)88-17-23-111-29-32-114-26-20-103-42-50(97-100-103)37-47-40-53(70(80,81)82)92-45-91-47,15-12-57(107)89-18-24-112-30-33-115-27-21-104-43-51(98-101-104)38-48-35-46(69(77,78)79)36-55(86)93-48)16-13-58(108)90-19-25-113-31-34-116-28-22-105-44-52(99-102-105)39-49-41-54(71(83,84)85)95-67(87)94-49/h35-36,40-45H,1-34,37-39H2,(H2,86,93)(H,88,106)(H,89,107)(H,90,108)(H,96,109)(H2,87,94,95). The maximum absolute atomic E-state index is 14.0. The zero-order valence-electron chi connectivity index (χ0n) is 63.4. The molecule has 7 aromatic rings. The van der Waals surface area contributed by atoms with Crippen LogP contribution in [0.5, 0.6) is 5.75 Å². The third-order valence-electron chi connectivity index (χ3n) is 17.2. The van der Waals surface area contributed by atoms with E-state index in [0.29, 0.717) is 62.0 Å². The molecule has 0 spiro atoms. The number of nitrogens with one attached hydrogen (secondary N) is 4. The summed E-state index contributed by atoms with van der Waals surface area (Å²) in [5.41, 5.74) is 7.71. The Kier molecular flexibility index (Phi) is 38.3. The summed E-state index contributed by atoms with van der Waals surface area (Å²) in [4.78, 5) is 85.2. The van der Waals surface area contributed by atoms with Gasteiger partial charge in [0.2, 0.25) is 64.4 Å². The average Bonchev–Trinajstić information content (AvgIpc) is 1.72. The van der Waals surface area contributed by atoms with Gasteiger partial charge in [-0.1, -0.05) is 54.2 Å². The molecule has 0 saturated heterocycles. The van der Waals surface area contributed by atoms with E-state index in [1.54, 1.807) is 6.20 Å². The van der Waals surface area contributed by atoms with E-state index in [1.807, 2.05) is 0 Å². The summed E-state index contributed by atoms with van der Waals surface area (Å²) < 4.78 is 230. The van der Waals surface area contributed by atoms with E-state index in [4.69, 9.17) is 39.9 Å². The number of hydrogen-bond donors (Lipinski definition) is 6. The molecule has 0 aliphatic heterocycles. The molecule has 7 rings (SSSR count). The second-order valence-corrected chi connectivity index (χ2v) is 26.5. The number of nitrogens with zero attached hydrogens (tertiary/aromatic N) is 14. The van der Waals surface area contributed by atoms with Crippen molar-refractivity contribution in [3.05, 3.63) is 129 Å². The minimum absolute atomic E-state index is 0.00568. The Morgan fingerprint density at radius 3 is 1.22 bits per heavy atom. The van der Waals surface area contributed by atoms with E-state index in [1.165, 1.54) is 26.4 Å². The predicted octanol–water partition coefficient (Wildman–Crippen LogP) is 7.68. The van der Waals surface area contributed by atoms with Gasteiger partial charge < -0.3 is 65.9 Å². The Morgan fingerprint density at radius 2 is 0.786 bits per heavy atom. The summed E-state index contributed by atoms with van der Waals surface area (Å²) in [6.07, 6.45) is -5.49. The van der Waals surface area contributed by atoms with Crippen LogP contribution >= 0.6 is 0 Å². The van der Waals surface area contributed by atoms with Crippen molar-refractivity contribution in [1.82, 2.24) is 91.2 Å². The molecule has 4 amide bonds. The highest BCUT2D eigenvalue weighted by Gasteiger charge is 2.37. The van der Waals surface area contributed by atoms with Crippen LogP contribution in [0.4, 0.5) is 73.2 Å². The van der Waals surface area contributed by atoms with Crippen LogP contribution in [0.1, 0.15) is 154 Å². The van der Waals surface area contributed by atoms with Gasteiger partial charge in [-0.05, 0) is 56.4 Å². The molecule has 6 heterocycles. The molecule has 1 aromatic carbocycles. The molecule has 32 nitrogen and oxygen atoms in total. The van der Waals surface area contributed by atoms with Gasteiger partial charge in [-0.3, -0.25) is 24.0 Å². The third-order valence-corrected chi connectivity index (χ3v) is 17.2. The van der Waals surface area contributed by atoms with Gasteiger partial charge in [-0.15, -0.1) is 15.3 Å². The van der Waals surface area contributed by atoms with Gasteiger partial charge >= 0.3 is 24.5 Å². The SMILES string of the molecule is Nc1cc(C(F)(F)F)cc(Cc2cn(CCOCCOCCNC(=O)CCC(CCC(=O)NCCOCCOCCn3cc(Cc4cc(C(F)(F)F)ncn4)nn3)(CCC(=O)NCCOCCOCCn3cc(Cc4cc(C(F)(F)F)nc(N)n4)nn3)NC(=O)CCCCCCCCCCC(=O)Oc3c(F)c(F)c(F)c(F)c3F)nn2)n1. The van der Waals surface area contributed by atoms with Crippen LogP contribution in [-0.2, 0) is 110 Å². The Balaban J connectivity index is 0.879. The Hall–Kier alpha value is -10.3. The van der Waals surface area contributed by atoms with Gasteiger partial charge in [0.05, 0.1) is 133 Å². The zero-order chi connectivity index (χ0) is 84.8. The number of ether oxygens (including phenoxy) is 7. The number of carbonyl (C=O) groups excluding carboxylic acids is 5. The number of unbranched alkanes of at least 4 members (excludes halogenated alkanes) is 7. The maximum Gasteiger partial charge on any atom is 0.433 e. The lowest BCUT2D eigenvalue weighted by molar-refractivity contribution is -0.142. The predicted molar refractivity (Wildman–Crippen MR) is 381 cm³/mol. The number of alkyl halides is 9. The van der Waals surface area contributed by atoms with Gasteiger partial charge in [0.25, 0.3) is 0 Å². The Morgan fingerprint density at radius 1 is 0.393 bits per heavy atom. The highest BCUT2D eigenvalue weighted by atomic mass is 19.4. The lowest BCUT2D eigenvalue weighted by Gasteiger charge is -2.35. The van der Waals surface area contributed by atoms with E-state index < -0.39 is 111 Å². The number of nitrogen functional groups attached to an aromatic ring is 2. The molecular formula is C71H90F14N20O12. The number of benzene rings is 1. The molecule has 0 fully saturated rings. The Labute approximate surface area is 660 Å². The molecule has 0 saturated carbocycles. The van der Waals surface area contributed by atoms with Gasteiger partial charge in [-0.2, -0.15) is 48.3 Å². The van der Waals surface area contributed by atoms with Crippen molar-refractivity contribution < 1.29 is 119 Å². The first-order chi connectivity index (χ1) is 55.8. The second-order valence-electron chi connectivity index (χ2n) is 26.5. The molecule has 6 aromatic heterocycles. The van der Waals surface area contributed by atoms with E-state index >= 15 is 0 Å². The quantitative estimate of drug-likeness (QED) is 0.00531. The van der Waals surface area contributed by atoms with Crippen LogP contribution in [-0.4, -0.2) is 204 Å². The van der Waals surface area contributed by atoms with E-state index in [9.17, 15) is 85.4 Å². The molecule has 8 N–H and O–H groups in total. The number of nitrogens with two attached hydrogens (primary N) is 2. The summed E-state index contributed by atoms with van der Waals surface area (Å²) >= 11 is 0. The summed E-state index contributed by atoms with van der Waals surface area (Å²) in [6.45, 7) is 2.31. The molecule has 1 atom stereocenters. The van der Waals surface area contributed by atoms with Crippen molar-refractivity contribution in [3.8, 4) is 5.75 Å². The number of pyridine rings is 1. The molecule has 0 bridgehead atoms. The number of carbonyl (C=O) groups is 5. The normalized spacial score (nSPS) is 12.4. The van der Waals surface area contributed by atoms with Crippen molar-refractivity contribution in [2.45, 2.75) is 166 Å². The van der Waals surface area contributed by atoms with Crippen molar-refractivity contribution in [3.63, 3.8) is 0 Å². The van der Waals surface area contributed by atoms with E-state index in [0.717, 1.165) is 30.6 Å². The fourth-order valence-electron chi connectivity index (χ4n) is 11.3. The van der Waals surface area contributed by atoms with Crippen LogP contribution in [0.25, 0.3) is 0 Å². The largest absolute Gasteiger partial charge is 0.433 e. The van der Waals surface area contributed by atoms with E-state index in [-0.39, 0.29) is 219 Å². The van der Waals surface area contributed by atoms with Crippen LogP contribution in [0, 0.1) is 29.1 Å². The molecule has 1 unspecified atom stereocenters. The number of halogens is 14. The minimum atomic E-state index is -4.73. The first kappa shape index (κ1) is 93.8. The number of hydrogen-bond acceptors (Lipinski definition) is 25. The first-order valence-electron chi connectivity index (χ1n) is 37.2. The van der Waals surface area contributed by atoms with Gasteiger partial charge in [0, 0.05) is 101 Å². The number of rotatable bonds is 55. The van der Waals surface area contributed by atoms with Crippen molar-refractivity contribution in [2.24, 2.45) is 0 Å². The summed E-state index contributed by atoms with van der Waals surface area (Å²) in [7, 11) is 0. The molecule has 117 heavy (non-hydrogen) atoms. The number of amides is 4. The molecule has 644 valence electrons. The molecular weight excluding hydrogens is 1590 g/mol. The van der Waals surface area contributed by atoms with Crippen molar-refractivity contribution >= 4 is 41.4 Å². The monoisotopic (exact) mass is 1680 g/mol. The fraction of sp³-hybridized carbons (Fsp3) is 0.577. The van der Waals surface area contributed by atoms with Gasteiger partial charge in [-0.25, -0.2) is 52.1 Å². The van der Waals surface area contributed by atoms with Crippen LogP contribution < -0.4 is 37.5 Å². The summed E-state index contributed by atoms with van der Waals surface area (Å²) in [5.74, 6) is -17.0. The highest BCUT2D eigenvalue weighted by Crippen LogP contribution is 2.34. The minimum Gasteiger partial charge on any atom is -0.420 e. The average molecular weight is 1680 g/mol. The molecule has 0 radical (unpaired) electrons. The van der Waals surface area contributed by atoms with Crippen LogP contribution in [0.15, 0.2) is 49.2 Å². The van der Waals surface area contributed by atoms with Crippen molar-refractivity contribution in [1.29, 1.82) is 0 Å². The lowest BCUT2D eigenvalue weighted by Crippen LogP contribution is -2.50. The molecule has 46 heteroatoms. The van der Waals surface area contributed by atoms with Crippen LogP contribution in [0.2, 0.25) is 0 Å². The number of esters is 1. The molecule has 0 aliphatic carbocycles. The number of aromatic nitrogens is 14. The zero-order valence-corrected chi connectivity index (χ0v) is 63.4. The first-order valence-corrected chi connectivity index (χ1v) is 37.2. The summed E-state index contributed by atoms with van der Waals surface area (Å²) in [5, 5.41) is 35.3. The molecule has 0 aliphatic rings.